The summed E-state index contributed by atoms with van der Waals surface area (Å²) in [6.07, 6.45) is 0. The van der Waals surface area contributed by atoms with E-state index in [-0.39, 0.29) is 44.3 Å². The van der Waals surface area contributed by atoms with Crippen molar-refractivity contribution in [3.05, 3.63) is 86.4 Å². The van der Waals surface area contributed by atoms with Gasteiger partial charge in [-0.25, -0.2) is 4.79 Å². The number of hydrogen-bond donors (Lipinski definition) is 3. The Bertz CT molecular complexity index is 1120. The smallest absolute Gasteiger partial charge is 0.335 e. The predicted molar refractivity (Wildman–Crippen MR) is 115 cm³/mol. The molecule has 0 radical (unpaired) electrons. The average molecular weight is 467 g/mol. The highest BCUT2D eigenvalue weighted by Gasteiger charge is 2.18. The molecule has 0 unspecified atom stereocenters. The van der Waals surface area contributed by atoms with Gasteiger partial charge in [0.15, 0.2) is 0 Å². The number of rotatable bonds is 6. The van der Waals surface area contributed by atoms with Crippen LogP contribution in [-0.2, 0) is 6.61 Å². The summed E-state index contributed by atoms with van der Waals surface area (Å²) in [5.74, 6) is -1.25. The van der Waals surface area contributed by atoms with Crippen LogP contribution in [0.15, 0.2) is 54.6 Å². The lowest BCUT2D eigenvalue weighted by Crippen LogP contribution is -2.13. The van der Waals surface area contributed by atoms with Crippen molar-refractivity contribution in [1.29, 1.82) is 0 Å². The highest BCUT2D eigenvalue weighted by molar-refractivity contribution is 6.42. The Hall–Kier alpha value is -2.77. The molecule has 9 heteroatoms. The number of hydrogen-bond acceptors (Lipinski definition) is 4. The summed E-state index contributed by atoms with van der Waals surface area (Å²) in [5, 5.41) is 21.4. The molecule has 0 heterocycles. The maximum Gasteiger partial charge on any atom is 0.335 e. The molecule has 0 saturated heterocycles. The molecule has 3 aromatic carbocycles. The molecule has 154 valence electrons. The molecule has 0 saturated carbocycles. The summed E-state index contributed by atoms with van der Waals surface area (Å²) < 4.78 is 5.79. The summed E-state index contributed by atoms with van der Waals surface area (Å²) in [5.41, 5.74) is 1.16. The standard InChI is InChI=1S/C21H14Cl3NO5/c22-15-8-14(20(27)25-13-4-2-12(3-5-13)21(28)29)19(9-16(15)23)30-18-6-1-11(10-26)7-17(18)24/h1-9,26H,10H2,(H,25,27)(H,28,29). The van der Waals surface area contributed by atoms with Crippen LogP contribution < -0.4 is 10.1 Å². The molecule has 0 spiro atoms. The van der Waals surface area contributed by atoms with Crippen LogP contribution in [0.3, 0.4) is 0 Å². The van der Waals surface area contributed by atoms with Gasteiger partial charge in [0.1, 0.15) is 11.5 Å². The number of ether oxygens (including phenoxy) is 1. The number of anilines is 1. The molecule has 3 rings (SSSR count). The zero-order valence-corrected chi connectivity index (χ0v) is 17.4. The Morgan fingerprint density at radius 1 is 0.867 bits per heavy atom. The monoisotopic (exact) mass is 465 g/mol. The van der Waals surface area contributed by atoms with Crippen molar-refractivity contribution < 1.29 is 24.5 Å². The molecular formula is C21H14Cl3NO5. The Morgan fingerprint density at radius 3 is 2.13 bits per heavy atom. The van der Waals surface area contributed by atoms with Gasteiger partial charge >= 0.3 is 5.97 Å². The van der Waals surface area contributed by atoms with Crippen molar-refractivity contribution in [2.24, 2.45) is 0 Å². The number of carboxylic acid groups (broad SMARTS) is 1. The molecule has 0 atom stereocenters. The quantitative estimate of drug-likeness (QED) is 0.421. The van der Waals surface area contributed by atoms with Crippen LogP contribution in [0.25, 0.3) is 0 Å². The largest absolute Gasteiger partial charge is 0.478 e. The van der Waals surface area contributed by atoms with Crippen molar-refractivity contribution >= 4 is 52.4 Å². The second-order valence-corrected chi connectivity index (χ2v) is 7.35. The van der Waals surface area contributed by atoms with Gasteiger partial charge in [0.05, 0.1) is 32.8 Å². The van der Waals surface area contributed by atoms with Crippen LogP contribution in [0.4, 0.5) is 5.69 Å². The fraction of sp³-hybridized carbons (Fsp3) is 0.0476. The summed E-state index contributed by atoms with van der Waals surface area (Å²) in [6, 6.07) is 13.1. The number of benzene rings is 3. The van der Waals surface area contributed by atoms with Crippen molar-refractivity contribution in [2.75, 3.05) is 5.32 Å². The van der Waals surface area contributed by atoms with Crippen LogP contribution in [0.1, 0.15) is 26.3 Å². The summed E-state index contributed by atoms with van der Waals surface area (Å²) in [4.78, 5) is 23.8. The second kappa shape index (κ2) is 9.36. The Balaban J connectivity index is 1.91. The van der Waals surface area contributed by atoms with E-state index in [4.69, 9.17) is 44.6 Å². The van der Waals surface area contributed by atoms with Crippen molar-refractivity contribution in [2.45, 2.75) is 6.61 Å². The third-order valence-electron chi connectivity index (χ3n) is 4.06. The summed E-state index contributed by atoms with van der Waals surface area (Å²) in [7, 11) is 0. The Morgan fingerprint density at radius 2 is 1.53 bits per heavy atom. The van der Waals surface area contributed by atoms with Crippen LogP contribution in [0, 0.1) is 0 Å². The van der Waals surface area contributed by atoms with E-state index in [2.05, 4.69) is 5.32 Å². The number of amides is 1. The molecule has 3 aromatic rings. The number of aliphatic hydroxyl groups is 1. The first-order valence-corrected chi connectivity index (χ1v) is 9.62. The zero-order valence-electron chi connectivity index (χ0n) is 15.2. The number of aromatic carboxylic acids is 1. The highest BCUT2D eigenvalue weighted by atomic mass is 35.5. The minimum Gasteiger partial charge on any atom is -0.478 e. The third-order valence-corrected chi connectivity index (χ3v) is 5.07. The van der Waals surface area contributed by atoms with Gasteiger partial charge in [0, 0.05) is 11.8 Å². The molecule has 0 aliphatic rings. The normalized spacial score (nSPS) is 10.5. The van der Waals surface area contributed by atoms with Gasteiger partial charge in [0.25, 0.3) is 5.91 Å². The van der Waals surface area contributed by atoms with E-state index in [9.17, 15) is 14.7 Å². The van der Waals surface area contributed by atoms with E-state index in [0.717, 1.165) is 0 Å². The van der Waals surface area contributed by atoms with Gasteiger partial charge in [-0.1, -0.05) is 40.9 Å². The van der Waals surface area contributed by atoms with Gasteiger partial charge < -0.3 is 20.3 Å². The number of halogens is 3. The van der Waals surface area contributed by atoms with E-state index in [1.54, 1.807) is 12.1 Å². The van der Waals surface area contributed by atoms with E-state index in [1.807, 2.05) is 0 Å². The molecule has 0 aliphatic heterocycles. The SMILES string of the molecule is O=C(O)c1ccc(NC(=O)c2cc(Cl)c(Cl)cc2Oc2ccc(CO)cc2Cl)cc1. The maximum atomic E-state index is 12.8. The van der Waals surface area contributed by atoms with Crippen LogP contribution in [-0.4, -0.2) is 22.1 Å². The van der Waals surface area contributed by atoms with Crippen LogP contribution in [0.2, 0.25) is 15.1 Å². The third kappa shape index (κ3) is 5.04. The Kier molecular flexibility index (Phi) is 6.84. The lowest BCUT2D eigenvalue weighted by atomic mass is 10.1. The van der Waals surface area contributed by atoms with E-state index in [1.165, 1.54) is 42.5 Å². The summed E-state index contributed by atoms with van der Waals surface area (Å²) in [6.45, 7) is -0.179. The minimum atomic E-state index is -1.07. The van der Waals surface area contributed by atoms with Gasteiger partial charge in [-0.3, -0.25) is 4.79 Å². The molecule has 0 aliphatic carbocycles. The lowest BCUT2D eigenvalue weighted by molar-refractivity contribution is 0.0696. The van der Waals surface area contributed by atoms with Crippen molar-refractivity contribution in [3.8, 4) is 11.5 Å². The first-order chi connectivity index (χ1) is 14.3. The molecule has 0 fully saturated rings. The second-order valence-electron chi connectivity index (χ2n) is 6.12. The molecule has 1 amide bonds. The van der Waals surface area contributed by atoms with Crippen LogP contribution >= 0.6 is 34.8 Å². The Labute approximate surface area is 186 Å². The molecule has 0 bridgehead atoms. The molecule has 30 heavy (non-hydrogen) atoms. The van der Waals surface area contributed by atoms with Crippen LogP contribution in [0.5, 0.6) is 11.5 Å². The number of carbonyl (C=O) groups excluding carboxylic acids is 1. The predicted octanol–water partition coefficient (Wildman–Crippen LogP) is 5.88. The highest BCUT2D eigenvalue weighted by Crippen LogP contribution is 2.36. The van der Waals surface area contributed by atoms with Gasteiger partial charge in [-0.15, -0.1) is 0 Å². The van der Waals surface area contributed by atoms with E-state index < -0.39 is 11.9 Å². The van der Waals surface area contributed by atoms with E-state index >= 15 is 0 Å². The van der Waals surface area contributed by atoms with E-state index in [0.29, 0.717) is 11.3 Å². The lowest BCUT2D eigenvalue weighted by Gasteiger charge is -2.14. The molecule has 6 nitrogen and oxygen atoms in total. The zero-order chi connectivity index (χ0) is 21.8. The van der Waals surface area contributed by atoms with Crippen molar-refractivity contribution in [1.82, 2.24) is 0 Å². The summed E-state index contributed by atoms with van der Waals surface area (Å²) >= 11 is 18.3. The van der Waals surface area contributed by atoms with Crippen molar-refractivity contribution in [3.63, 3.8) is 0 Å². The maximum absolute atomic E-state index is 12.8. The number of carbonyl (C=O) groups is 2. The molecule has 0 aromatic heterocycles. The van der Waals surface area contributed by atoms with Gasteiger partial charge in [-0.2, -0.15) is 0 Å². The minimum absolute atomic E-state index is 0.0903. The average Bonchev–Trinajstić information content (AvgIpc) is 2.72. The molecule has 3 N–H and O–H groups in total. The number of carboxylic acids is 1. The fourth-order valence-electron chi connectivity index (χ4n) is 2.53. The first-order valence-electron chi connectivity index (χ1n) is 8.49. The van der Waals surface area contributed by atoms with Gasteiger partial charge in [0.2, 0.25) is 0 Å². The topological polar surface area (TPSA) is 95.9 Å². The first kappa shape index (κ1) is 21.9. The fourth-order valence-corrected chi connectivity index (χ4v) is 3.09. The van der Waals surface area contributed by atoms with Gasteiger partial charge in [-0.05, 0) is 48.0 Å². The number of aliphatic hydroxyl groups excluding tert-OH is 1. The molecular weight excluding hydrogens is 453 g/mol. The number of nitrogens with one attached hydrogen (secondary N) is 1.